The molecule has 0 saturated heterocycles. The molecule has 0 aromatic carbocycles. The van der Waals surface area contributed by atoms with Gasteiger partial charge in [-0.25, -0.2) is 0 Å². The molecule has 0 saturated carbocycles. The number of hydrogen-bond acceptors (Lipinski definition) is 5. The Balaban J connectivity index is 3.75. The van der Waals surface area contributed by atoms with E-state index in [1.165, 1.54) is 39.8 Å². The molecule has 6 unspecified atom stereocenters. The van der Waals surface area contributed by atoms with E-state index in [1.807, 2.05) is 0 Å². The van der Waals surface area contributed by atoms with Gasteiger partial charge in [0.1, 0.15) is 5.41 Å². The molecule has 0 heterocycles. The van der Waals surface area contributed by atoms with Gasteiger partial charge in [0.2, 0.25) is 0 Å². The summed E-state index contributed by atoms with van der Waals surface area (Å²) in [5.74, 6) is -8.96. The lowest BCUT2D eigenvalue weighted by Crippen LogP contribution is -2.57. The Hall–Kier alpha value is -2.54. The van der Waals surface area contributed by atoms with Crippen LogP contribution in [-0.4, -0.2) is 44.9 Å². The quantitative estimate of drug-likeness (QED) is 0.405. The van der Waals surface area contributed by atoms with Gasteiger partial charge in [-0.15, -0.1) is 0 Å². The molecule has 1 aliphatic carbocycles. The Labute approximate surface area is 164 Å². The van der Waals surface area contributed by atoms with E-state index in [4.69, 9.17) is 0 Å². The maximum Gasteiger partial charge on any atom is 0.315 e. The van der Waals surface area contributed by atoms with Crippen LogP contribution in [-0.2, 0) is 19.2 Å². The van der Waals surface area contributed by atoms with Crippen molar-refractivity contribution >= 4 is 23.5 Å². The molecular formula is C21H28O7. The van der Waals surface area contributed by atoms with Crippen molar-refractivity contribution in [3.05, 3.63) is 36.5 Å². The van der Waals surface area contributed by atoms with Crippen molar-refractivity contribution in [1.29, 1.82) is 0 Å². The highest BCUT2D eigenvalue weighted by Gasteiger charge is 2.61. The van der Waals surface area contributed by atoms with Gasteiger partial charge >= 0.3 is 11.9 Å². The van der Waals surface area contributed by atoms with Crippen molar-refractivity contribution in [1.82, 2.24) is 0 Å². The predicted octanol–water partition coefficient (Wildman–Crippen LogP) is 2.26. The number of carboxylic acids is 2. The highest BCUT2D eigenvalue weighted by molar-refractivity contribution is 6.02. The van der Waals surface area contributed by atoms with E-state index in [1.54, 1.807) is 0 Å². The number of hydrogen-bond donors (Lipinski definition) is 3. The zero-order valence-electron chi connectivity index (χ0n) is 16.6. The smallest absolute Gasteiger partial charge is 0.315 e. The standard InChI is InChI=1S/C21H28O7/c1-10(2)17(23)12(5)14-8-7-9-21(20(27)28,16(14)19(25)26)15(13(6)22)18(24)11(3)4/h7,9,12-16,22H,1,3,8H2,2,4-6H3,(H,25,26)(H,27,28). The number of carbonyl (C=O) groups is 4. The van der Waals surface area contributed by atoms with Gasteiger partial charge in [0.05, 0.1) is 17.9 Å². The van der Waals surface area contributed by atoms with Gasteiger partial charge in [0.25, 0.3) is 0 Å². The monoisotopic (exact) mass is 392 g/mol. The zero-order chi connectivity index (χ0) is 22.0. The molecular weight excluding hydrogens is 364 g/mol. The fraction of sp³-hybridized carbons (Fsp3) is 0.524. The van der Waals surface area contributed by atoms with Gasteiger partial charge in [-0.1, -0.05) is 32.2 Å². The highest BCUT2D eigenvalue weighted by atomic mass is 16.4. The summed E-state index contributed by atoms with van der Waals surface area (Å²) < 4.78 is 0. The Morgan fingerprint density at radius 2 is 1.54 bits per heavy atom. The van der Waals surface area contributed by atoms with Crippen molar-refractivity contribution in [3.63, 3.8) is 0 Å². The highest BCUT2D eigenvalue weighted by Crippen LogP contribution is 2.50. The second-order valence-electron chi connectivity index (χ2n) is 7.65. The summed E-state index contributed by atoms with van der Waals surface area (Å²) in [6, 6.07) is 0. The van der Waals surface area contributed by atoms with Crippen molar-refractivity contribution < 1.29 is 34.5 Å². The minimum atomic E-state index is -2.22. The summed E-state index contributed by atoms with van der Waals surface area (Å²) in [4.78, 5) is 49.9. The van der Waals surface area contributed by atoms with Gasteiger partial charge in [0, 0.05) is 5.92 Å². The largest absolute Gasteiger partial charge is 0.481 e. The van der Waals surface area contributed by atoms with E-state index in [0.29, 0.717) is 0 Å². The fourth-order valence-corrected chi connectivity index (χ4v) is 4.21. The molecule has 0 aliphatic heterocycles. The van der Waals surface area contributed by atoms with E-state index >= 15 is 0 Å². The minimum absolute atomic E-state index is 0.0113. The third-order valence-electron chi connectivity index (χ3n) is 5.56. The number of carbonyl (C=O) groups excluding carboxylic acids is 2. The molecule has 0 aromatic heterocycles. The first-order valence-corrected chi connectivity index (χ1v) is 9.02. The summed E-state index contributed by atoms with van der Waals surface area (Å²) in [5.41, 5.74) is -1.97. The zero-order valence-corrected chi connectivity index (χ0v) is 16.6. The van der Waals surface area contributed by atoms with Crippen LogP contribution >= 0.6 is 0 Å². The maximum atomic E-state index is 12.7. The molecule has 0 fully saturated rings. The van der Waals surface area contributed by atoms with Crippen LogP contribution in [0.3, 0.4) is 0 Å². The minimum Gasteiger partial charge on any atom is -0.481 e. The lowest BCUT2D eigenvalue weighted by atomic mass is 9.54. The van der Waals surface area contributed by atoms with Crippen LogP contribution < -0.4 is 0 Å². The fourth-order valence-electron chi connectivity index (χ4n) is 4.21. The van der Waals surface area contributed by atoms with Crippen molar-refractivity contribution in [2.75, 3.05) is 0 Å². The molecule has 28 heavy (non-hydrogen) atoms. The van der Waals surface area contributed by atoms with Crippen molar-refractivity contribution in [2.45, 2.75) is 40.2 Å². The molecule has 0 aromatic rings. The third kappa shape index (κ3) is 3.99. The molecule has 0 amide bonds. The maximum absolute atomic E-state index is 12.7. The Morgan fingerprint density at radius 1 is 1.04 bits per heavy atom. The number of Topliss-reactive ketones (excluding diaryl/α,β-unsaturated/α-hetero) is 2. The van der Waals surface area contributed by atoms with Gasteiger partial charge in [-0.05, 0) is 44.3 Å². The summed E-state index contributed by atoms with van der Waals surface area (Å²) in [7, 11) is 0. The van der Waals surface area contributed by atoms with E-state index in [-0.39, 0.29) is 23.4 Å². The lowest BCUT2D eigenvalue weighted by Gasteiger charge is -2.46. The van der Waals surface area contributed by atoms with Gasteiger partial charge in [-0.2, -0.15) is 0 Å². The summed E-state index contributed by atoms with van der Waals surface area (Å²) in [5, 5.41) is 30.3. The molecule has 7 nitrogen and oxygen atoms in total. The predicted molar refractivity (Wildman–Crippen MR) is 102 cm³/mol. The molecule has 1 aliphatic rings. The number of aliphatic carboxylic acids is 2. The topological polar surface area (TPSA) is 129 Å². The molecule has 7 heteroatoms. The first kappa shape index (κ1) is 23.5. The molecule has 3 N–H and O–H groups in total. The van der Waals surface area contributed by atoms with E-state index < -0.39 is 52.9 Å². The average molecular weight is 392 g/mol. The SMILES string of the molecule is C=C(C)C(=O)C(C)C1CC=CC(C(=O)O)(C(C(=O)C(=C)C)C(C)O)C1C(=O)O. The van der Waals surface area contributed by atoms with Crippen LogP contribution in [0.1, 0.15) is 34.1 Å². The van der Waals surface area contributed by atoms with Crippen LogP contribution in [0.4, 0.5) is 0 Å². The molecule has 154 valence electrons. The van der Waals surface area contributed by atoms with Crippen LogP contribution in [0.2, 0.25) is 0 Å². The van der Waals surface area contributed by atoms with Crippen LogP contribution in [0, 0.1) is 29.1 Å². The second-order valence-corrected chi connectivity index (χ2v) is 7.65. The van der Waals surface area contributed by atoms with Gasteiger partial charge in [-0.3, -0.25) is 19.2 Å². The third-order valence-corrected chi connectivity index (χ3v) is 5.56. The summed E-state index contributed by atoms with van der Waals surface area (Å²) >= 11 is 0. The average Bonchev–Trinajstić information content (AvgIpc) is 2.58. The Bertz CT molecular complexity index is 746. The lowest BCUT2D eigenvalue weighted by molar-refractivity contribution is -0.173. The normalized spacial score (nSPS) is 27.3. The molecule has 1 rings (SSSR count). The van der Waals surface area contributed by atoms with E-state index in [9.17, 15) is 34.5 Å². The van der Waals surface area contributed by atoms with Crippen LogP contribution in [0.15, 0.2) is 36.5 Å². The number of aliphatic hydroxyl groups excluding tert-OH is 1. The number of ketones is 2. The molecule has 6 atom stereocenters. The first-order valence-electron chi connectivity index (χ1n) is 9.02. The van der Waals surface area contributed by atoms with Crippen molar-refractivity contribution in [3.8, 4) is 0 Å². The number of rotatable bonds is 9. The number of allylic oxidation sites excluding steroid dienone is 3. The molecule has 0 spiro atoms. The van der Waals surface area contributed by atoms with Gasteiger partial charge < -0.3 is 15.3 Å². The Kier molecular flexibility index (Phi) is 7.26. The van der Waals surface area contributed by atoms with Gasteiger partial charge in [0.15, 0.2) is 11.6 Å². The first-order chi connectivity index (χ1) is 12.8. The summed E-state index contributed by atoms with van der Waals surface area (Å²) in [6.45, 7) is 12.8. The molecule has 0 radical (unpaired) electrons. The number of carboxylic acid groups (broad SMARTS) is 2. The van der Waals surface area contributed by atoms with Crippen molar-refractivity contribution in [2.24, 2.45) is 29.1 Å². The van der Waals surface area contributed by atoms with E-state index in [2.05, 4.69) is 13.2 Å². The Morgan fingerprint density at radius 3 is 1.89 bits per heavy atom. The van der Waals surface area contributed by atoms with Crippen LogP contribution in [0.5, 0.6) is 0 Å². The number of aliphatic hydroxyl groups is 1. The van der Waals surface area contributed by atoms with E-state index in [0.717, 1.165) is 0 Å². The summed E-state index contributed by atoms with van der Waals surface area (Å²) in [6.07, 6.45) is 1.36. The van der Waals surface area contributed by atoms with Crippen LogP contribution in [0.25, 0.3) is 0 Å². The molecule has 0 bridgehead atoms. The second kappa shape index (κ2) is 8.65.